The minimum absolute atomic E-state index is 0.137. The van der Waals surface area contributed by atoms with E-state index in [1.165, 1.54) is 13.2 Å². The highest BCUT2D eigenvalue weighted by atomic mass is 16.5. The molecule has 1 heterocycles. The van der Waals surface area contributed by atoms with Crippen molar-refractivity contribution in [2.45, 2.75) is 0 Å². The van der Waals surface area contributed by atoms with Gasteiger partial charge in [-0.3, -0.25) is 0 Å². The van der Waals surface area contributed by atoms with Crippen LogP contribution in [0.3, 0.4) is 0 Å². The molecule has 114 valence electrons. The van der Waals surface area contributed by atoms with E-state index in [4.69, 9.17) is 15.6 Å². The number of hydrogen-bond acceptors (Lipinski definition) is 6. The summed E-state index contributed by atoms with van der Waals surface area (Å²) in [4.78, 5) is 23.2. The summed E-state index contributed by atoms with van der Waals surface area (Å²) in [7, 11) is 1.21. The molecule has 2 aromatic rings. The molecule has 6 nitrogen and oxygen atoms in total. The molecule has 0 atom stereocenters. The summed E-state index contributed by atoms with van der Waals surface area (Å²) in [6.45, 7) is 1.51. The van der Waals surface area contributed by atoms with E-state index in [1.807, 2.05) is 0 Å². The molecule has 0 aliphatic carbocycles. The number of fused-ring (bicyclic) bond motifs is 1. The van der Waals surface area contributed by atoms with Crippen molar-refractivity contribution in [1.82, 2.24) is 5.32 Å². The average Bonchev–Trinajstić information content (AvgIpc) is 2.53. The minimum Gasteiger partial charge on any atom is -0.492 e. The first-order chi connectivity index (χ1) is 10.7. The maximum atomic E-state index is 11.7. The smallest absolute Gasteiger partial charge is 0.351 e. The van der Waals surface area contributed by atoms with Crippen molar-refractivity contribution in [2.24, 2.45) is 0 Å². The molecule has 0 saturated carbocycles. The second-order valence-corrected chi connectivity index (χ2v) is 4.37. The molecule has 0 aliphatic heterocycles. The van der Waals surface area contributed by atoms with E-state index in [1.54, 1.807) is 18.2 Å². The molecule has 2 rings (SSSR count). The van der Waals surface area contributed by atoms with Crippen molar-refractivity contribution in [1.29, 1.82) is 0 Å². The van der Waals surface area contributed by atoms with Gasteiger partial charge in [-0.25, -0.2) is 9.59 Å². The Morgan fingerprint density at radius 1 is 1.41 bits per heavy atom. The third-order valence-corrected chi connectivity index (χ3v) is 2.89. The first-order valence-electron chi connectivity index (χ1n) is 6.59. The molecule has 0 spiro atoms. The Balaban J connectivity index is 2.16. The molecule has 0 radical (unpaired) electrons. The number of terminal acetylenes is 1. The lowest BCUT2D eigenvalue weighted by Crippen LogP contribution is -2.21. The summed E-state index contributed by atoms with van der Waals surface area (Å²) in [6, 6.07) is 6.46. The van der Waals surface area contributed by atoms with Gasteiger partial charge in [-0.1, -0.05) is 5.92 Å². The first kappa shape index (κ1) is 15.6. The van der Waals surface area contributed by atoms with Gasteiger partial charge in [-0.15, -0.1) is 6.42 Å². The Labute approximate surface area is 127 Å². The molecule has 0 unspecified atom stereocenters. The number of hydrogen-bond donors (Lipinski definition) is 1. The lowest BCUT2D eigenvalue weighted by Gasteiger charge is -2.07. The van der Waals surface area contributed by atoms with Crippen LogP contribution >= 0.6 is 0 Å². The Morgan fingerprint density at radius 2 is 2.23 bits per heavy atom. The first-order valence-corrected chi connectivity index (χ1v) is 6.59. The molecule has 1 aromatic heterocycles. The number of esters is 1. The number of carbonyl (C=O) groups is 1. The molecule has 0 saturated heterocycles. The van der Waals surface area contributed by atoms with Gasteiger partial charge in [0.15, 0.2) is 0 Å². The van der Waals surface area contributed by atoms with Gasteiger partial charge >= 0.3 is 11.6 Å². The minimum atomic E-state index is -0.743. The normalized spacial score (nSPS) is 10.2. The standard InChI is InChI=1S/C16H15NO5/c1-3-6-17-7-8-21-12-5-4-11-9-13(15(18)20-2)16(19)22-14(11)10-12/h1,4-5,9-10,17H,6-8H2,2H3. The Morgan fingerprint density at radius 3 is 2.95 bits per heavy atom. The van der Waals surface area contributed by atoms with Crippen molar-refractivity contribution < 1.29 is 18.7 Å². The van der Waals surface area contributed by atoms with Crippen LogP contribution in [0.1, 0.15) is 10.4 Å². The fraction of sp³-hybridized carbons (Fsp3) is 0.250. The Bertz CT molecular complexity index is 772. The van der Waals surface area contributed by atoms with E-state index in [0.29, 0.717) is 36.4 Å². The van der Waals surface area contributed by atoms with E-state index >= 15 is 0 Å². The van der Waals surface area contributed by atoms with Crippen LogP contribution in [0.2, 0.25) is 0 Å². The van der Waals surface area contributed by atoms with Gasteiger partial charge in [0, 0.05) is 18.0 Å². The van der Waals surface area contributed by atoms with Crippen LogP contribution in [0, 0.1) is 12.3 Å². The van der Waals surface area contributed by atoms with E-state index in [0.717, 1.165) is 0 Å². The third-order valence-electron chi connectivity index (χ3n) is 2.89. The fourth-order valence-corrected chi connectivity index (χ4v) is 1.84. The predicted molar refractivity (Wildman–Crippen MR) is 81.0 cm³/mol. The van der Waals surface area contributed by atoms with Crippen molar-refractivity contribution in [3.63, 3.8) is 0 Å². The summed E-state index contributed by atoms with van der Waals surface area (Å²) in [5.74, 6) is 2.29. The van der Waals surface area contributed by atoms with Crippen molar-refractivity contribution in [3.8, 4) is 18.1 Å². The fourth-order valence-electron chi connectivity index (χ4n) is 1.84. The highest BCUT2D eigenvalue weighted by Gasteiger charge is 2.14. The van der Waals surface area contributed by atoms with Crippen LogP contribution in [-0.4, -0.2) is 32.8 Å². The van der Waals surface area contributed by atoms with E-state index < -0.39 is 11.6 Å². The molecule has 1 N–H and O–H groups in total. The monoisotopic (exact) mass is 301 g/mol. The second-order valence-electron chi connectivity index (χ2n) is 4.37. The Hall–Kier alpha value is -2.78. The molecule has 0 bridgehead atoms. The lowest BCUT2D eigenvalue weighted by atomic mass is 10.2. The SMILES string of the molecule is C#CCNCCOc1ccc2cc(C(=O)OC)c(=O)oc2c1. The zero-order valence-corrected chi connectivity index (χ0v) is 12.0. The molecule has 0 aliphatic rings. The Kier molecular flexibility index (Phi) is 5.17. The molecular formula is C16H15NO5. The quantitative estimate of drug-likeness (QED) is 0.374. The number of nitrogens with one attached hydrogen (secondary N) is 1. The number of rotatable bonds is 6. The van der Waals surface area contributed by atoms with Crippen LogP contribution in [0.15, 0.2) is 33.5 Å². The largest absolute Gasteiger partial charge is 0.492 e. The van der Waals surface area contributed by atoms with Crippen LogP contribution in [0.5, 0.6) is 5.75 Å². The van der Waals surface area contributed by atoms with Crippen molar-refractivity contribution >= 4 is 16.9 Å². The van der Waals surface area contributed by atoms with E-state index in [9.17, 15) is 9.59 Å². The van der Waals surface area contributed by atoms with E-state index in [-0.39, 0.29) is 5.56 Å². The number of methoxy groups -OCH3 is 1. The van der Waals surface area contributed by atoms with Gasteiger partial charge in [0.1, 0.15) is 23.5 Å². The second kappa shape index (κ2) is 7.29. The van der Waals surface area contributed by atoms with Gasteiger partial charge in [-0.05, 0) is 18.2 Å². The number of carbonyl (C=O) groups excluding carboxylic acids is 1. The van der Waals surface area contributed by atoms with Crippen LogP contribution in [0.25, 0.3) is 11.0 Å². The van der Waals surface area contributed by atoms with Gasteiger partial charge in [0.05, 0.1) is 13.7 Å². The van der Waals surface area contributed by atoms with Crippen molar-refractivity contribution in [3.05, 3.63) is 40.2 Å². The third kappa shape index (κ3) is 3.65. The maximum absolute atomic E-state index is 11.7. The summed E-state index contributed by atoms with van der Waals surface area (Å²) in [6.07, 6.45) is 5.11. The highest BCUT2D eigenvalue weighted by molar-refractivity contribution is 5.92. The number of ether oxygens (including phenoxy) is 2. The van der Waals surface area contributed by atoms with E-state index in [2.05, 4.69) is 16.0 Å². The highest BCUT2D eigenvalue weighted by Crippen LogP contribution is 2.20. The molecule has 0 fully saturated rings. The van der Waals surface area contributed by atoms with Crippen molar-refractivity contribution in [2.75, 3.05) is 26.8 Å². The number of benzene rings is 1. The van der Waals surface area contributed by atoms with Gasteiger partial charge < -0.3 is 19.2 Å². The van der Waals surface area contributed by atoms with Gasteiger partial charge in [0.25, 0.3) is 0 Å². The zero-order chi connectivity index (χ0) is 15.9. The molecular weight excluding hydrogens is 286 g/mol. The van der Waals surface area contributed by atoms with Gasteiger partial charge in [-0.2, -0.15) is 0 Å². The predicted octanol–water partition coefficient (Wildman–Crippen LogP) is 1.18. The summed E-state index contributed by atoms with van der Waals surface area (Å²) >= 11 is 0. The summed E-state index contributed by atoms with van der Waals surface area (Å²) in [5, 5.41) is 3.60. The van der Waals surface area contributed by atoms with Crippen LogP contribution < -0.4 is 15.7 Å². The average molecular weight is 301 g/mol. The zero-order valence-electron chi connectivity index (χ0n) is 12.0. The summed E-state index contributed by atoms with van der Waals surface area (Å²) in [5.41, 5.74) is -0.541. The van der Waals surface area contributed by atoms with Crippen LogP contribution in [0.4, 0.5) is 0 Å². The van der Waals surface area contributed by atoms with Gasteiger partial charge in [0.2, 0.25) is 0 Å². The van der Waals surface area contributed by atoms with Crippen LogP contribution in [-0.2, 0) is 4.74 Å². The topological polar surface area (TPSA) is 77.8 Å². The molecule has 1 aromatic carbocycles. The lowest BCUT2D eigenvalue weighted by molar-refractivity contribution is 0.0596. The molecule has 22 heavy (non-hydrogen) atoms. The molecule has 6 heteroatoms. The summed E-state index contributed by atoms with van der Waals surface area (Å²) < 4.78 is 15.2. The molecule has 0 amide bonds. The maximum Gasteiger partial charge on any atom is 0.351 e.